The van der Waals surface area contributed by atoms with Gasteiger partial charge in [-0.25, -0.2) is 4.98 Å². The first-order valence-electron chi connectivity index (χ1n) is 8.90. The highest BCUT2D eigenvalue weighted by molar-refractivity contribution is 5.93. The largest absolute Gasteiger partial charge is 0.497 e. The van der Waals surface area contributed by atoms with Crippen LogP contribution in [0.15, 0.2) is 48.7 Å². The van der Waals surface area contributed by atoms with Gasteiger partial charge in [0.1, 0.15) is 11.6 Å². The van der Waals surface area contributed by atoms with Gasteiger partial charge in [-0.05, 0) is 36.8 Å². The molecule has 1 aliphatic rings. The normalized spacial score (nSPS) is 15.4. The number of nitrogens with zero attached hydrogens (tertiary/aromatic N) is 3. The molecule has 0 atom stereocenters. The maximum Gasteiger partial charge on any atom is 0.161 e. The van der Waals surface area contributed by atoms with Crippen molar-refractivity contribution in [2.45, 2.75) is 6.92 Å². The van der Waals surface area contributed by atoms with Crippen molar-refractivity contribution in [2.75, 3.05) is 44.7 Å². The van der Waals surface area contributed by atoms with E-state index in [4.69, 9.17) is 4.74 Å². The highest BCUT2D eigenvalue weighted by Crippen LogP contribution is 2.15. The van der Waals surface area contributed by atoms with E-state index in [2.05, 4.69) is 39.1 Å². The van der Waals surface area contributed by atoms with E-state index < -0.39 is 0 Å². The summed E-state index contributed by atoms with van der Waals surface area (Å²) in [5.74, 6) is 1.88. The number of hydrogen-bond acceptors (Lipinski definition) is 5. The molecule has 0 saturated carbocycles. The fourth-order valence-corrected chi connectivity index (χ4v) is 2.99. The Morgan fingerprint density at radius 1 is 1.12 bits per heavy atom. The van der Waals surface area contributed by atoms with E-state index in [1.807, 2.05) is 24.3 Å². The smallest absolute Gasteiger partial charge is 0.161 e. The first-order chi connectivity index (χ1) is 12.7. The van der Waals surface area contributed by atoms with Crippen LogP contribution in [-0.2, 0) is 0 Å². The number of piperazine rings is 1. The van der Waals surface area contributed by atoms with E-state index >= 15 is 0 Å². The van der Waals surface area contributed by atoms with Gasteiger partial charge in [0.05, 0.1) is 7.11 Å². The van der Waals surface area contributed by atoms with Crippen LogP contribution in [0, 0.1) is 0 Å². The van der Waals surface area contributed by atoms with Gasteiger partial charge in [-0.2, -0.15) is 0 Å². The third kappa shape index (κ3) is 4.70. The van der Waals surface area contributed by atoms with E-state index in [-0.39, 0.29) is 5.78 Å². The Morgan fingerprint density at radius 3 is 2.42 bits per heavy atom. The first kappa shape index (κ1) is 18.1. The third-order valence-electron chi connectivity index (χ3n) is 4.64. The number of ether oxygens (including phenoxy) is 1. The summed E-state index contributed by atoms with van der Waals surface area (Å²) in [6.07, 6.45) is 6.02. The molecule has 2 heterocycles. The van der Waals surface area contributed by atoms with Crippen LogP contribution in [0.1, 0.15) is 22.8 Å². The van der Waals surface area contributed by atoms with Crippen LogP contribution in [0.4, 0.5) is 5.82 Å². The van der Waals surface area contributed by atoms with Crippen molar-refractivity contribution in [3.8, 4) is 5.75 Å². The lowest BCUT2D eigenvalue weighted by Crippen LogP contribution is -2.46. The quantitative estimate of drug-likeness (QED) is 0.748. The highest BCUT2D eigenvalue weighted by Gasteiger charge is 2.17. The Hall–Kier alpha value is -2.66. The molecule has 0 aliphatic carbocycles. The van der Waals surface area contributed by atoms with Crippen LogP contribution in [0.5, 0.6) is 5.75 Å². The van der Waals surface area contributed by atoms with E-state index in [0.29, 0.717) is 5.56 Å². The fraction of sp³-hybridized carbons (Fsp3) is 0.333. The summed E-state index contributed by atoms with van der Waals surface area (Å²) in [4.78, 5) is 20.5. The number of pyridine rings is 1. The van der Waals surface area contributed by atoms with Gasteiger partial charge in [-0.3, -0.25) is 9.69 Å². The summed E-state index contributed by atoms with van der Waals surface area (Å²) in [6.45, 7) is 6.41. The molecule has 0 bridgehead atoms. The lowest BCUT2D eigenvalue weighted by atomic mass is 10.2. The van der Waals surface area contributed by atoms with E-state index in [1.165, 1.54) is 5.56 Å². The Labute approximate surface area is 154 Å². The zero-order valence-corrected chi connectivity index (χ0v) is 15.4. The van der Waals surface area contributed by atoms with Crippen molar-refractivity contribution in [1.82, 2.24) is 9.88 Å². The van der Waals surface area contributed by atoms with E-state index in [1.54, 1.807) is 20.2 Å². The molecule has 1 aromatic carbocycles. The predicted octanol–water partition coefficient (Wildman–Crippen LogP) is 3.13. The van der Waals surface area contributed by atoms with E-state index in [0.717, 1.165) is 44.3 Å². The number of carbonyl (C=O) groups excluding carboxylic acids is 1. The number of methoxy groups -OCH3 is 1. The first-order valence-corrected chi connectivity index (χ1v) is 8.90. The monoisotopic (exact) mass is 351 g/mol. The van der Waals surface area contributed by atoms with Gasteiger partial charge in [0.2, 0.25) is 0 Å². The molecule has 1 fully saturated rings. The zero-order valence-electron chi connectivity index (χ0n) is 15.4. The number of anilines is 1. The highest BCUT2D eigenvalue weighted by atomic mass is 16.5. The molecule has 0 unspecified atom stereocenters. The third-order valence-corrected chi connectivity index (χ3v) is 4.64. The number of aromatic nitrogens is 1. The van der Waals surface area contributed by atoms with Crippen molar-refractivity contribution >= 4 is 17.7 Å². The Morgan fingerprint density at radius 2 is 1.85 bits per heavy atom. The predicted molar refractivity (Wildman–Crippen MR) is 105 cm³/mol. The maximum atomic E-state index is 11.3. The second-order valence-corrected chi connectivity index (χ2v) is 6.42. The Bertz CT molecular complexity index is 746. The average Bonchev–Trinajstić information content (AvgIpc) is 2.69. The molecule has 3 rings (SSSR count). The molecule has 0 N–H and O–H groups in total. The minimum absolute atomic E-state index is 0.0533. The minimum atomic E-state index is 0.0533. The lowest BCUT2D eigenvalue weighted by Gasteiger charge is -2.34. The second-order valence-electron chi connectivity index (χ2n) is 6.42. The summed E-state index contributed by atoms with van der Waals surface area (Å²) >= 11 is 0. The van der Waals surface area contributed by atoms with Gasteiger partial charge < -0.3 is 9.64 Å². The van der Waals surface area contributed by atoms with Crippen LogP contribution in [-0.4, -0.2) is 55.5 Å². The lowest BCUT2D eigenvalue weighted by molar-refractivity contribution is 0.101. The van der Waals surface area contributed by atoms with Gasteiger partial charge in [-0.15, -0.1) is 0 Å². The van der Waals surface area contributed by atoms with Crippen molar-refractivity contribution in [1.29, 1.82) is 0 Å². The van der Waals surface area contributed by atoms with Crippen LogP contribution in [0.25, 0.3) is 6.08 Å². The summed E-state index contributed by atoms with van der Waals surface area (Å²) in [5, 5.41) is 0. The van der Waals surface area contributed by atoms with Crippen LogP contribution < -0.4 is 9.64 Å². The SMILES string of the molecule is COc1ccc(/C=C/CN2CCN(c3ccc(C(C)=O)cn3)CC2)cc1. The molecule has 136 valence electrons. The van der Waals surface area contributed by atoms with Crippen molar-refractivity contribution < 1.29 is 9.53 Å². The molecule has 26 heavy (non-hydrogen) atoms. The van der Waals surface area contributed by atoms with Gasteiger partial charge in [0.25, 0.3) is 0 Å². The maximum absolute atomic E-state index is 11.3. The molecule has 1 aromatic heterocycles. The summed E-state index contributed by atoms with van der Waals surface area (Å²) in [6, 6.07) is 11.9. The minimum Gasteiger partial charge on any atom is -0.497 e. The zero-order chi connectivity index (χ0) is 18.4. The topological polar surface area (TPSA) is 45.7 Å². The summed E-state index contributed by atoms with van der Waals surface area (Å²) in [7, 11) is 1.68. The number of rotatable bonds is 6. The molecule has 5 heteroatoms. The van der Waals surface area contributed by atoms with E-state index in [9.17, 15) is 4.79 Å². The van der Waals surface area contributed by atoms with Crippen molar-refractivity contribution in [3.63, 3.8) is 0 Å². The van der Waals surface area contributed by atoms with Crippen molar-refractivity contribution in [3.05, 3.63) is 59.8 Å². The molecule has 0 radical (unpaired) electrons. The molecule has 1 aliphatic heterocycles. The van der Waals surface area contributed by atoms with Gasteiger partial charge in [0, 0.05) is 44.5 Å². The molecule has 2 aromatic rings. The van der Waals surface area contributed by atoms with Crippen LogP contribution in [0.3, 0.4) is 0 Å². The van der Waals surface area contributed by atoms with Crippen LogP contribution in [0.2, 0.25) is 0 Å². The standard InChI is InChI=1S/C21H25N3O2/c1-17(25)19-7-10-21(22-16-19)24-14-12-23(13-15-24)11-3-4-18-5-8-20(26-2)9-6-18/h3-10,16H,11-15H2,1-2H3/b4-3+. The molecule has 0 spiro atoms. The van der Waals surface area contributed by atoms with Crippen LogP contribution >= 0.6 is 0 Å². The van der Waals surface area contributed by atoms with Gasteiger partial charge in [0.15, 0.2) is 5.78 Å². The average molecular weight is 351 g/mol. The Balaban J connectivity index is 1.47. The summed E-state index contributed by atoms with van der Waals surface area (Å²) in [5.41, 5.74) is 1.84. The molecule has 5 nitrogen and oxygen atoms in total. The van der Waals surface area contributed by atoms with Crippen molar-refractivity contribution in [2.24, 2.45) is 0 Å². The number of carbonyl (C=O) groups is 1. The molecule has 1 saturated heterocycles. The molecular formula is C21H25N3O2. The number of benzene rings is 1. The second kappa shape index (κ2) is 8.63. The number of hydrogen-bond donors (Lipinski definition) is 0. The molecular weight excluding hydrogens is 326 g/mol. The Kier molecular flexibility index (Phi) is 6.02. The number of Topliss-reactive ketones (excluding diaryl/α,β-unsaturated/α-hetero) is 1. The van der Waals surface area contributed by atoms with Gasteiger partial charge >= 0.3 is 0 Å². The fourth-order valence-electron chi connectivity index (χ4n) is 2.99. The number of ketones is 1. The van der Waals surface area contributed by atoms with Gasteiger partial charge in [-0.1, -0.05) is 24.3 Å². The summed E-state index contributed by atoms with van der Waals surface area (Å²) < 4.78 is 5.17. The molecule has 0 amide bonds.